The lowest BCUT2D eigenvalue weighted by Gasteiger charge is -2.32. The monoisotopic (exact) mass is 521 g/mol. The predicted molar refractivity (Wildman–Crippen MR) is 142 cm³/mol. The second-order valence-corrected chi connectivity index (χ2v) is 12.2. The van der Waals surface area contributed by atoms with Crippen LogP contribution in [0, 0.1) is 6.92 Å². The highest BCUT2D eigenvalue weighted by atomic mass is 35.5. The summed E-state index contributed by atoms with van der Waals surface area (Å²) in [5.74, 6) is -0.496. The van der Waals surface area contributed by atoms with E-state index in [-0.39, 0.29) is 31.3 Å². The van der Waals surface area contributed by atoms with Crippen molar-refractivity contribution in [3.63, 3.8) is 0 Å². The molecule has 2 aromatic carbocycles. The molecule has 0 aliphatic carbocycles. The second-order valence-electron chi connectivity index (χ2n) is 9.84. The molecule has 1 atom stereocenters. The summed E-state index contributed by atoms with van der Waals surface area (Å²) in [4.78, 5) is 27.7. The molecule has 7 nitrogen and oxygen atoms in total. The van der Waals surface area contributed by atoms with E-state index in [0.717, 1.165) is 17.4 Å². The molecule has 0 heterocycles. The number of hydrogen-bond acceptors (Lipinski definition) is 4. The number of aryl methyl sites for hydroxylation is 1. The molecular weight excluding hydrogens is 486 g/mol. The van der Waals surface area contributed by atoms with Crippen molar-refractivity contribution in [3.8, 4) is 0 Å². The summed E-state index contributed by atoms with van der Waals surface area (Å²) >= 11 is 6.12. The number of halogens is 1. The summed E-state index contributed by atoms with van der Waals surface area (Å²) in [5.41, 5.74) is 1.94. The van der Waals surface area contributed by atoms with Gasteiger partial charge in [-0.15, -0.1) is 0 Å². The van der Waals surface area contributed by atoms with Gasteiger partial charge in [-0.25, -0.2) is 8.42 Å². The molecule has 9 heteroatoms. The van der Waals surface area contributed by atoms with Gasteiger partial charge in [-0.3, -0.25) is 13.9 Å². The smallest absolute Gasteiger partial charge is 0.242 e. The Morgan fingerprint density at radius 2 is 1.71 bits per heavy atom. The molecule has 0 aliphatic rings. The van der Waals surface area contributed by atoms with Gasteiger partial charge in [-0.2, -0.15) is 0 Å². The molecule has 0 aromatic heterocycles. The first-order valence-electron chi connectivity index (χ1n) is 11.6. The predicted octanol–water partition coefficient (Wildman–Crippen LogP) is 4.53. The molecular formula is C26H36ClN3O4S. The van der Waals surface area contributed by atoms with Crippen LogP contribution in [0.3, 0.4) is 0 Å². The van der Waals surface area contributed by atoms with E-state index in [4.69, 9.17) is 11.6 Å². The van der Waals surface area contributed by atoms with Crippen LogP contribution < -0.4 is 9.62 Å². The van der Waals surface area contributed by atoms with E-state index in [1.54, 1.807) is 37.3 Å². The summed E-state index contributed by atoms with van der Waals surface area (Å²) in [7, 11) is -3.52. The van der Waals surface area contributed by atoms with Crippen molar-refractivity contribution in [3.05, 3.63) is 64.7 Å². The van der Waals surface area contributed by atoms with E-state index in [1.165, 1.54) is 9.21 Å². The van der Waals surface area contributed by atoms with Gasteiger partial charge in [0.2, 0.25) is 21.8 Å². The number of carbonyl (C=O) groups is 2. The fourth-order valence-corrected chi connectivity index (χ4v) is 4.78. The second kappa shape index (κ2) is 11.9. The molecule has 1 N–H and O–H groups in total. The minimum atomic E-state index is -3.52. The zero-order chi connectivity index (χ0) is 26.4. The normalized spacial score (nSPS) is 12.7. The average molecular weight is 522 g/mol. The third-order valence-electron chi connectivity index (χ3n) is 5.38. The fourth-order valence-electron chi connectivity index (χ4n) is 3.60. The number of nitrogens with one attached hydrogen (secondary N) is 1. The van der Waals surface area contributed by atoms with Gasteiger partial charge in [0.25, 0.3) is 0 Å². The first-order valence-corrected chi connectivity index (χ1v) is 13.8. The van der Waals surface area contributed by atoms with Crippen molar-refractivity contribution >= 4 is 39.1 Å². The molecule has 0 bridgehead atoms. The molecule has 2 aromatic rings. The number of anilines is 1. The van der Waals surface area contributed by atoms with Crippen LogP contribution in [0.25, 0.3) is 0 Å². The number of amides is 2. The number of carbonyl (C=O) groups excluding carboxylic acids is 2. The van der Waals surface area contributed by atoms with Gasteiger partial charge in [-0.05, 0) is 70.9 Å². The third kappa shape index (κ3) is 9.18. The van der Waals surface area contributed by atoms with Crippen molar-refractivity contribution in [2.45, 2.75) is 65.6 Å². The van der Waals surface area contributed by atoms with Crippen molar-refractivity contribution < 1.29 is 18.0 Å². The molecule has 0 unspecified atom stereocenters. The van der Waals surface area contributed by atoms with Gasteiger partial charge in [0.05, 0.1) is 11.9 Å². The van der Waals surface area contributed by atoms with E-state index in [1.807, 2.05) is 45.9 Å². The van der Waals surface area contributed by atoms with Gasteiger partial charge in [-0.1, -0.05) is 41.4 Å². The minimum Gasteiger partial charge on any atom is -0.350 e. The average Bonchev–Trinajstić information content (AvgIpc) is 2.73. The lowest BCUT2D eigenvalue weighted by molar-refractivity contribution is -0.141. The lowest BCUT2D eigenvalue weighted by atomic mass is 10.1. The van der Waals surface area contributed by atoms with Crippen LogP contribution in [-0.2, 0) is 26.2 Å². The first-order chi connectivity index (χ1) is 16.2. The van der Waals surface area contributed by atoms with Gasteiger partial charge >= 0.3 is 0 Å². The first kappa shape index (κ1) is 28.7. The van der Waals surface area contributed by atoms with Crippen LogP contribution in [0.2, 0.25) is 5.02 Å². The summed E-state index contributed by atoms with van der Waals surface area (Å²) < 4.78 is 26.1. The van der Waals surface area contributed by atoms with Crippen molar-refractivity contribution in [1.29, 1.82) is 0 Å². The highest BCUT2D eigenvalue weighted by Crippen LogP contribution is 2.20. The third-order valence-corrected chi connectivity index (χ3v) is 6.81. The zero-order valence-corrected chi connectivity index (χ0v) is 22.9. The van der Waals surface area contributed by atoms with Crippen LogP contribution in [0.1, 0.15) is 51.7 Å². The minimum absolute atomic E-state index is 0.0889. The molecule has 0 aliphatic heterocycles. The molecule has 0 saturated carbocycles. The molecule has 0 saturated heterocycles. The highest BCUT2D eigenvalue weighted by Gasteiger charge is 2.28. The van der Waals surface area contributed by atoms with Gasteiger partial charge in [0, 0.05) is 30.1 Å². The largest absolute Gasteiger partial charge is 0.350 e. The molecule has 2 rings (SSSR count). The van der Waals surface area contributed by atoms with Crippen LogP contribution in [-0.4, -0.2) is 49.5 Å². The Labute approximate surface area is 214 Å². The molecule has 2 amide bonds. The summed E-state index contributed by atoms with van der Waals surface area (Å²) in [6, 6.07) is 13.6. The lowest BCUT2D eigenvalue weighted by Crippen LogP contribution is -2.52. The Morgan fingerprint density at radius 3 is 2.26 bits per heavy atom. The van der Waals surface area contributed by atoms with E-state index in [9.17, 15) is 18.0 Å². The fraction of sp³-hybridized carbons (Fsp3) is 0.462. The van der Waals surface area contributed by atoms with E-state index >= 15 is 0 Å². The number of benzene rings is 2. The van der Waals surface area contributed by atoms with Crippen molar-refractivity contribution in [2.24, 2.45) is 0 Å². The quantitative estimate of drug-likeness (QED) is 0.497. The maximum Gasteiger partial charge on any atom is 0.242 e. The Morgan fingerprint density at radius 1 is 1.09 bits per heavy atom. The van der Waals surface area contributed by atoms with Crippen molar-refractivity contribution in [1.82, 2.24) is 10.2 Å². The zero-order valence-electron chi connectivity index (χ0n) is 21.3. The Hall–Kier alpha value is -2.58. The number of hydrogen-bond donors (Lipinski definition) is 1. The number of nitrogens with zero attached hydrogens (tertiary/aromatic N) is 2. The van der Waals surface area contributed by atoms with Gasteiger partial charge in [0.15, 0.2) is 0 Å². The van der Waals surface area contributed by atoms with Crippen LogP contribution >= 0.6 is 11.6 Å². The maximum atomic E-state index is 13.3. The number of rotatable bonds is 10. The highest BCUT2D eigenvalue weighted by molar-refractivity contribution is 7.92. The molecule has 0 radical (unpaired) electrons. The summed E-state index contributed by atoms with van der Waals surface area (Å²) in [5, 5.41) is 3.47. The van der Waals surface area contributed by atoms with Crippen LogP contribution in [0.15, 0.2) is 48.5 Å². The molecule has 0 fully saturated rings. The topological polar surface area (TPSA) is 86.8 Å². The number of sulfonamides is 1. The summed E-state index contributed by atoms with van der Waals surface area (Å²) in [6.07, 6.45) is 1.55. The standard InChI is InChI=1S/C26H36ClN3O4S/c1-19-12-14-23(15-13-19)30(35(6,33)34)16-8-11-24(31)29(18-21-9-7-10-22(27)17-21)20(2)25(32)28-26(3,4)5/h7,9-10,12-15,17,20H,8,11,16,18H2,1-6H3,(H,28,32)/t20-/m0/s1. The van der Waals surface area contributed by atoms with E-state index < -0.39 is 21.6 Å². The Bertz CT molecular complexity index is 1130. The Kier molecular flexibility index (Phi) is 9.75. The van der Waals surface area contributed by atoms with Crippen LogP contribution in [0.5, 0.6) is 0 Å². The maximum absolute atomic E-state index is 13.3. The SMILES string of the molecule is Cc1ccc(N(CCCC(=O)N(Cc2cccc(Cl)c2)[C@@H](C)C(=O)NC(C)(C)C)S(C)(=O)=O)cc1. The molecule has 35 heavy (non-hydrogen) atoms. The Balaban J connectivity index is 2.18. The van der Waals surface area contributed by atoms with E-state index in [0.29, 0.717) is 17.1 Å². The summed E-state index contributed by atoms with van der Waals surface area (Å²) in [6.45, 7) is 9.63. The van der Waals surface area contributed by atoms with E-state index in [2.05, 4.69) is 5.32 Å². The van der Waals surface area contributed by atoms with Crippen LogP contribution in [0.4, 0.5) is 5.69 Å². The molecule has 0 spiro atoms. The van der Waals surface area contributed by atoms with Gasteiger partial charge < -0.3 is 10.2 Å². The molecule has 192 valence electrons. The van der Waals surface area contributed by atoms with Crippen molar-refractivity contribution in [2.75, 3.05) is 17.1 Å². The van der Waals surface area contributed by atoms with Gasteiger partial charge in [0.1, 0.15) is 6.04 Å².